The van der Waals surface area contributed by atoms with Gasteiger partial charge in [-0.1, -0.05) is 36.4 Å². The molecule has 1 N–H and O–H groups in total. The van der Waals surface area contributed by atoms with Crippen LogP contribution in [0.5, 0.6) is 0 Å². The maximum Gasteiger partial charge on any atom is 0.266 e. The minimum Gasteiger partial charge on any atom is -0.321 e. The molecule has 0 fully saturated rings. The average Bonchev–Trinajstić information content (AvgIpc) is 3.18. The fourth-order valence-electron chi connectivity index (χ4n) is 4.22. The first-order chi connectivity index (χ1) is 16.0. The van der Waals surface area contributed by atoms with Gasteiger partial charge in [-0.3, -0.25) is 19.0 Å². The second-order valence-corrected chi connectivity index (χ2v) is 9.01. The maximum absolute atomic E-state index is 13.2. The molecular formula is C25H22N4O3S. The number of nitrogens with one attached hydrogen (secondary N) is 1. The zero-order valence-electron chi connectivity index (χ0n) is 18.1. The van der Waals surface area contributed by atoms with Crippen LogP contribution in [0.4, 0.5) is 11.4 Å². The van der Waals surface area contributed by atoms with Gasteiger partial charge in [-0.15, -0.1) is 11.3 Å². The lowest BCUT2D eigenvalue weighted by molar-refractivity contribution is -0.119. The number of hydrogen-bond acceptors (Lipinski definition) is 5. The van der Waals surface area contributed by atoms with E-state index in [1.165, 1.54) is 22.2 Å². The van der Waals surface area contributed by atoms with Crippen LogP contribution in [0.2, 0.25) is 0 Å². The Hall–Kier alpha value is -3.78. The Balaban J connectivity index is 1.43. The summed E-state index contributed by atoms with van der Waals surface area (Å²) >= 11 is 1.18. The first-order valence-electron chi connectivity index (χ1n) is 10.8. The lowest BCUT2D eigenvalue weighted by Gasteiger charge is -2.29. The molecule has 8 heteroatoms. The number of aryl methyl sites for hydroxylation is 2. The Bertz CT molecular complexity index is 1420. The Labute approximate surface area is 194 Å². The highest BCUT2D eigenvalue weighted by molar-refractivity contribution is 7.20. The minimum atomic E-state index is -0.314. The lowest BCUT2D eigenvalue weighted by Crippen LogP contribution is -2.39. The summed E-state index contributed by atoms with van der Waals surface area (Å²) in [6, 6.07) is 17.0. The second-order valence-electron chi connectivity index (χ2n) is 8.01. The largest absolute Gasteiger partial charge is 0.321 e. The molecule has 3 heterocycles. The highest BCUT2D eigenvalue weighted by atomic mass is 32.1. The fourth-order valence-corrected chi connectivity index (χ4v) is 5.26. The summed E-state index contributed by atoms with van der Waals surface area (Å²) in [6.07, 6.45) is 3.22. The van der Waals surface area contributed by atoms with E-state index >= 15 is 0 Å². The third-order valence-electron chi connectivity index (χ3n) is 5.87. The summed E-state index contributed by atoms with van der Waals surface area (Å²) in [5, 5.41) is 3.23. The predicted molar refractivity (Wildman–Crippen MR) is 130 cm³/mol. The number of benzene rings is 2. The van der Waals surface area contributed by atoms with Crippen molar-refractivity contribution in [2.75, 3.05) is 16.8 Å². The van der Waals surface area contributed by atoms with Gasteiger partial charge in [0.1, 0.15) is 11.4 Å². The zero-order valence-corrected chi connectivity index (χ0v) is 18.9. The first-order valence-corrected chi connectivity index (χ1v) is 11.6. The zero-order chi connectivity index (χ0) is 22.9. The van der Waals surface area contributed by atoms with Crippen LogP contribution in [0.3, 0.4) is 0 Å². The molecule has 0 unspecified atom stereocenters. The van der Waals surface area contributed by atoms with Gasteiger partial charge >= 0.3 is 0 Å². The predicted octanol–water partition coefficient (Wildman–Crippen LogP) is 4.00. The average molecular weight is 459 g/mol. The SMILES string of the molecule is Cc1c(C(=O)Nc2ccccc2)sc2ncn(CC(=O)N3CCCc4ccccc43)c(=O)c12. The van der Waals surface area contributed by atoms with E-state index in [2.05, 4.69) is 10.3 Å². The maximum atomic E-state index is 13.2. The van der Waals surface area contributed by atoms with Gasteiger partial charge < -0.3 is 10.2 Å². The number of anilines is 2. The van der Waals surface area contributed by atoms with E-state index < -0.39 is 0 Å². The summed E-state index contributed by atoms with van der Waals surface area (Å²) in [5.41, 5.74) is 2.98. The number of aromatic nitrogens is 2. The van der Waals surface area contributed by atoms with Crippen LogP contribution in [0.25, 0.3) is 10.2 Å². The van der Waals surface area contributed by atoms with Crippen molar-refractivity contribution in [3.8, 4) is 0 Å². The number of thiophene rings is 1. The van der Waals surface area contributed by atoms with Crippen LogP contribution in [0.1, 0.15) is 27.2 Å². The molecule has 7 nitrogen and oxygen atoms in total. The van der Waals surface area contributed by atoms with Crippen molar-refractivity contribution in [3.63, 3.8) is 0 Å². The summed E-state index contributed by atoms with van der Waals surface area (Å²) in [7, 11) is 0. The van der Waals surface area contributed by atoms with Crippen molar-refractivity contribution in [3.05, 3.63) is 87.3 Å². The molecule has 1 aliphatic heterocycles. The molecule has 166 valence electrons. The van der Waals surface area contributed by atoms with Crippen molar-refractivity contribution in [2.24, 2.45) is 0 Å². The summed E-state index contributed by atoms with van der Waals surface area (Å²) in [5.74, 6) is -0.436. The van der Waals surface area contributed by atoms with E-state index in [4.69, 9.17) is 0 Å². The molecule has 0 saturated carbocycles. The van der Waals surface area contributed by atoms with Crippen LogP contribution < -0.4 is 15.8 Å². The van der Waals surface area contributed by atoms with E-state index in [1.54, 1.807) is 24.0 Å². The molecule has 0 radical (unpaired) electrons. The van der Waals surface area contributed by atoms with Crippen LogP contribution in [-0.2, 0) is 17.8 Å². The van der Waals surface area contributed by atoms with Gasteiger partial charge in [0.25, 0.3) is 11.5 Å². The van der Waals surface area contributed by atoms with E-state index in [-0.39, 0.29) is 23.9 Å². The molecule has 5 rings (SSSR count). The van der Waals surface area contributed by atoms with Crippen molar-refractivity contribution >= 4 is 44.7 Å². The van der Waals surface area contributed by atoms with Crippen molar-refractivity contribution < 1.29 is 9.59 Å². The van der Waals surface area contributed by atoms with Gasteiger partial charge in [0, 0.05) is 17.9 Å². The number of para-hydroxylation sites is 2. The summed E-state index contributed by atoms with van der Waals surface area (Å²) in [4.78, 5) is 46.2. The number of nitrogens with zero attached hydrogens (tertiary/aromatic N) is 3. The summed E-state index contributed by atoms with van der Waals surface area (Å²) < 4.78 is 1.33. The van der Waals surface area contributed by atoms with Gasteiger partial charge in [-0.05, 0) is 49.1 Å². The normalized spacial score (nSPS) is 13.1. The molecule has 0 atom stereocenters. The molecule has 2 aromatic carbocycles. The highest BCUT2D eigenvalue weighted by Gasteiger charge is 2.24. The minimum absolute atomic E-state index is 0.100. The van der Waals surface area contributed by atoms with Crippen molar-refractivity contribution in [1.29, 1.82) is 0 Å². The van der Waals surface area contributed by atoms with Gasteiger partial charge in [-0.2, -0.15) is 0 Å². The monoisotopic (exact) mass is 458 g/mol. The number of fused-ring (bicyclic) bond motifs is 2. The van der Waals surface area contributed by atoms with Crippen LogP contribution in [0.15, 0.2) is 65.7 Å². The van der Waals surface area contributed by atoms with Gasteiger partial charge in [0.2, 0.25) is 5.91 Å². The number of carbonyl (C=O) groups is 2. The smallest absolute Gasteiger partial charge is 0.266 e. The van der Waals surface area contributed by atoms with E-state index in [9.17, 15) is 14.4 Å². The molecule has 0 spiro atoms. The summed E-state index contributed by atoms with van der Waals surface area (Å²) in [6.45, 7) is 2.27. The molecular weight excluding hydrogens is 436 g/mol. The quantitative estimate of drug-likeness (QED) is 0.501. The number of rotatable bonds is 4. The lowest BCUT2D eigenvalue weighted by atomic mass is 10.0. The van der Waals surface area contributed by atoms with E-state index in [1.807, 2.05) is 42.5 Å². The Morgan fingerprint density at radius 3 is 2.67 bits per heavy atom. The van der Waals surface area contributed by atoms with Crippen molar-refractivity contribution in [2.45, 2.75) is 26.3 Å². The topological polar surface area (TPSA) is 84.3 Å². The van der Waals surface area contributed by atoms with Crippen molar-refractivity contribution in [1.82, 2.24) is 9.55 Å². The fraction of sp³-hybridized carbons (Fsp3) is 0.200. The highest BCUT2D eigenvalue weighted by Crippen LogP contribution is 2.29. The van der Waals surface area contributed by atoms with Crippen LogP contribution >= 0.6 is 11.3 Å². The van der Waals surface area contributed by atoms with Gasteiger partial charge in [0.15, 0.2) is 0 Å². The molecule has 33 heavy (non-hydrogen) atoms. The van der Waals surface area contributed by atoms with Crippen LogP contribution in [0, 0.1) is 6.92 Å². The Morgan fingerprint density at radius 2 is 1.85 bits per heavy atom. The number of hydrogen-bond donors (Lipinski definition) is 1. The molecule has 2 amide bonds. The Kier molecular flexibility index (Phi) is 5.51. The van der Waals surface area contributed by atoms with E-state index in [0.717, 1.165) is 24.1 Å². The van der Waals surface area contributed by atoms with Gasteiger partial charge in [0.05, 0.1) is 16.6 Å². The third kappa shape index (κ3) is 3.93. The third-order valence-corrected chi connectivity index (χ3v) is 7.07. The second kappa shape index (κ2) is 8.63. The number of carbonyl (C=O) groups excluding carboxylic acids is 2. The van der Waals surface area contributed by atoms with Gasteiger partial charge in [-0.25, -0.2) is 4.98 Å². The molecule has 0 bridgehead atoms. The standard InChI is InChI=1S/C25H22N4O3S/c1-16-21-24(33-22(16)23(31)27-18-10-3-2-4-11-18)26-15-28(25(21)32)14-20(30)29-13-7-9-17-8-5-6-12-19(17)29/h2-6,8,10-12,15H,7,9,13-14H2,1H3,(H,27,31). The molecule has 1 aliphatic rings. The van der Waals surface area contributed by atoms with Crippen LogP contribution in [-0.4, -0.2) is 27.9 Å². The number of amides is 2. The molecule has 2 aromatic heterocycles. The molecule has 4 aromatic rings. The Morgan fingerprint density at radius 1 is 1.09 bits per heavy atom. The first kappa shape index (κ1) is 21.1. The van der Waals surface area contributed by atoms with E-state index in [0.29, 0.717) is 32.9 Å². The molecule has 0 saturated heterocycles. The molecule has 0 aliphatic carbocycles.